The van der Waals surface area contributed by atoms with Gasteiger partial charge >= 0.3 is 0 Å². The van der Waals surface area contributed by atoms with E-state index in [1.165, 1.54) is 0 Å². The van der Waals surface area contributed by atoms with Crippen molar-refractivity contribution in [1.29, 1.82) is 0 Å². The lowest BCUT2D eigenvalue weighted by Crippen LogP contribution is -2.09. The van der Waals surface area contributed by atoms with E-state index in [9.17, 15) is 4.79 Å². The second kappa shape index (κ2) is 4.52. The van der Waals surface area contributed by atoms with Crippen molar-refractivity contribution in [1.82, 2.24) is 15.0 Å². The molecule has 0 saturated heterocycles. The molecular formula is C17H15N3O. The number of nitrogens with zero attached hydrogens (tertiary/aromatic N) is 2. The van der Waals surface area contributed by atoms with Crippen molar-refractivity contribution in [3.05, 3.63) is 58.1 Å². The SMILES string of the molecule is Cc1ccc2cc(-c3nc(C4CC4)cc(=O)[nH]3)ccc2n1. The van der Waals surface area contributed by atoms with Gasteiger partial charge in [0.15, 0.2) is 0 Å². The molecule has 1 aliphatic rings. The molecule has 0 spiro atoms. The van der Waals surface area contributed by atoms with Gasteiger partial charge in [0.2, 0.25) is 0 Å². The lowest BCUT2D eigenvalue weighted by Gasteiger charge is -2.05. The molecular weight excluding hydrogens is 262 g/mol. The number of nitrogens with one attached hydrogen (secondary N) is 1. The summed E-state index contributed by atoms with van der Waals surface area (Å²) < 4.78 is 0. The van der Waals surface area contributed by atoms with Crippen LogP contribution in [0.15, 0.2) is 41.2 Å². The van der Waals surface area contributed by atoms with Crippen LogP contribution in [0.3, 0.4) is 0 Å². The number of pyridine rings is 1. The van der Waals surface area contributed by atoms with Gasteiger partial charge in [0, 0.05) is 28.6 Å². The Kier molecular flexibility index (Phi) is 2.64. The second-order valence-electron chi connectivity index (χ2n) is 5.65. The minimum atomic E-state index is -0.0796. The van der Waals surface area contributed by atoms with Crippen LogP contribution >= 0.6 is 0 Å². The predicted molar refractivity (Wildman–Crippen MR) is 82.3 cm³/mol. The van der Waals surface area contributed by atoms with E-state index in [4.69, 9.17) is 0 Å². The molecule has 0 bridgehead atoms. The standard InChI is InChI=1S/C17H15N3O/c1-10-2-3-12-8-13(6-7-14(12)18-10)17-19-15(11-4-5-11)9-16(21)20-17/h2-3,6-9,11H,4-5H2,1H3,(H,19,20,21). The van der Waals surface area contributed by atoms with Gasteiger partial charge in [0.25, 0.3) is 5.56 Å². The van der Waals surface area contributed by atoms with E-state index in [1.807, 2.05) is 37.3 Å². The van der Waals surface area contributed by atoms with Crippen LogP contribution in [0.2, 0.25) is 0 Å². The fraction of sp³-hybridized carbons (Fsp3) is 0.235. The molecule has 0 radical (unpaired) electrons. The van der Waals surface area contributed by atoms with Gasteiger partial charge in [-0.05, 0) is 44.0 Å². The first kappa shape index (κ1) is 12.3. The van der Waals surface area contributed by atoms with Crippen LogP contribution in [0.4, 0.5) is 0 Å². The van der Waals surface area contributed by atoms with Gasteiger partial charge in [-0.2, -0.15) is 0 Å². The highest BCUT2D eigenvalue weighted by Crippen LogP contribution is 2.38. The molecule has 0 atom stereocenters. The van der Waals surface area contributed by atoms with Gasteiger partial charge in [0.1, 0.15) is 5.82 Å². The van der Waals surface area contributed by atoms with E-state index >= 15 is 0 Å². The van der Waals surface area contributed by atoms with Crippen molar-refractivity contribution in [2.24, 2.45) is 0 Å². The van der Waals surface area contributed by atoms with E-state index in [-0.39, 0.29) is 5.56 Å². The van der Waals surface area contributed by atoms with Crippen LogP contribution in [0.1, 0.15) is 30.1 Å². The third kappa shape index (κ3) is 2.33. The van der Waals surface area contributed by atoms with Crippen molar-refractivity contribution in [2.45, 2.75) is 25.7 Å². The van der Waals surface area contributed by atoms with E-state index in [0.717, 1.165) is 40.7 Å². The predicted octanol–water partition coefficient (Wildman–Crippen LogP) is 3.17. The minimum Gasteiger partial charge on any atom is -0.307 e. The molecule has 4 heteroatoms. The van der Waals surface area contributed by atoms with Crippen LogP contribution in [0.25, 0.3) is 22.3 Å². The smallest absolute Gasteiger partial charge is 0.251 e. The van der Waals surface area contributed by atoms with Gasteiger partial charge in [-0.1, -0.05) is 6.07 Å². The molecule has 4 rings (SSSR count). The number of hydrogen-bond donors (Lipinski definition) is 1. The maximum Gasteiger partial charge on any atom is 0.251 e. The van der Waals surface area contributed by atoms with Crippen molar-refractivity contribution >= 4 is 10.9 Å². The molecule has 4 nitrogen and oxygen atoms in total. The molecule has 0 aliphatic heterocycles. The summed E-state index contributed by atoms with van der Waals surface area (Å²) in [5.74, 6) is 1.11. The number of aromatic nitrogens is 3. The molecule has 1 N–H and O–H groups in total. The summed E-state index contributed by atoms with van der Waals surface area (Å²) in [6.45, 7) is 1.98. The monoisotopic (exact) mass is 277 g/mol. The van der Waals surface area contributed by atoms with E-state index in [2.05, 4.69) is 15.0 Å². The number of fused-ring (bicyclic) bond motifs is 1. The summed E-state index contributed by atoms with van der Waals surface area (Å²) >= 11 is 0. The first-order chi connectivity index (χ1) is 10.2. The summed E-state index contributed by atoms with van der Waals surface area (Å²) in [5, 5.41) is 1.05. The van der Waals surface area contributed by atoms with Crippen LogP contribution in [-0.4, -0.2) is 15.0 Å². The molecule has 3 aromatic rings. The number of aromatic amines is 1. The van der Waals surface area contributed by atoms with Crippen molar-refractivity contribution in [3.8, 4) is 11.4 Å². The Hall–Kier alpha value is -2.49. The zero-order chi connectivity index (χ0) is 14.4. The number of hydrogen-bond acceptors (Lipinski definition) is 3. The molecule has 21 heavy (non-hydrogen) atoms. The minimum absolute atomic E-state index is 0.0796. The molecule has 1 saturated carbocycles. The molecule has 1 aromatic carbocycles. The normalized spacial score (nSPS) is 14.5. The average Bonchev–Trinajstić information content (AvgIpc) is 3.30. The summed E-state index contributed by atoms with van der Waals surface area (Å²) in [4.78, 5) is 23.8. The number of rotatable bonds is 2. The molecule has 104 valence electrons. The Morgan fingerprint density at radius 2 is 1.95 bits per heavy atom. The largest absolute Gasteiger partial charge is 0.307 e. The lowest BCUT2D eigenvalue weighted by atomic mass is 10.1. The lowest BCUT2D eigenvalue weighted by molar-refractivity contribution is 0.977. The highest BCUT2D eigenvalue weighted by atomic mass is 16.1. The van der Waals surface area contributed by atoms with E-state index < -0.39 is 0 Å². The fourth-order valence-corrected chi connectivity index (χ4v) is 2.58. The Balaban J connectivity index is 1.85. The van der Waals surface area contributed by atoms with Crippen molar-refractivity contribution in [3.63, 3.8) is 0 Å². The van der Waals surface area contributed by atoms with Crippen LogP contribution < -0.4 is 5.56 Å². The van der Waals surface area contributed by atoms with Gasteiger partial charge in [-0.3, -0.25) is 9.78 Å². The van der Waals surface area contributed by atoms with Gasteiger partial charge < -0.3 is 4.98 Å². The van der Waals surface area contributed by atoms with Crippen LogP contribution in [-0.2, 0) is 0 Å². The molecule has 1 fully saturated rings. The highest BCUT2D eigenvalue weighted by Gasteiger charge is 2.25. The quantitative estimate of drug-likeness (QED) is 0.782. The molecule has 2 aromatic heterocycles. The topological polar surface area (TPSA) is 58.6 Å². The Morgan fingerprint density at radius 1 is 1.10 bits per heavy atom. The Morgan fingerprint density at radius 3 is 2.76 bits per heavy atom. The number of aryl methyl sites for hydroxylation is 1. The van der Waals surface area contributed by atoms with Crippen LogP contribution in [0.5, 0.6) is 0 Å². The van der Waals surface area contributed by atoms with Gasteiger partial charge in [0.05, 0.1) is 11.2 Å². The maximum atomic E-state index is 11.8. The molecule has 0 amide bonds. The zero-order valence-corrected chi connectivity index (χ0v) is 11.8. The zero-order valence-electron chi connectivity index (χ0n) is 11.8. The first-order valence-corrected chi connectivity index (χ1v) is 7.18. The Labute approximate surface area is 121 Å². The summed E-state index contributed by atoms with van der Waals surface area (Å²) in [7, 11) is 0. The first-order valence-electron chi connectivity index (χ1n) is 7.18. The van der Waals surface area contributed by atoms with Crippen molar-refractivity contribution in [2.75, 3.05) is 0 Å². The molecule has 2 heterocycles. The number of benzene rings is 1. The average molecular weight is 277 g/mol. The summed E-state index contributed by atoms with van der Waals surface area (Å²) in [6.07, 6.45) is 2.27. The third-order valence-electron chi connectivity index (χ3n) is 3.86. The van der Waals surface area contributed by atoms with Gasteiger partial charge in [-0.25, -0.2) is 4.98 Å². The van der Waals surface area contributed by atoms with E-state index in [1.54, 1.807) is 6.07 Å². The Bertz CT molecular complexity index is 894. The highest BCUT2D eigenvalue weighted by molar-refractivity contribution is 5.83. The van der Waals surface area contributed by atoms with Gasteiger partial charge in [-0.15, -0.1) is 0 Å². The number of H-pyrrole nitrogens is 1. The fourth-order valence-electron chi connectivity index (χ4n) is 2.58. The summed E-state index contributed by atoms with van der Waals surface area (Å²) in [6, 6.07) is 11.6. The molecule has 1 aliphatic carbocycles. The maximum absolute atomic E-state index is 11.8. The summed E-state index contributed by atoms with van der Waals surface area (Å²) in [5.41, 5.74) is 3.71. The third-order valence-corrected chi connectivity index (χ3v) is 3.86. The molecule has 0 unspecified atom stereocenters. The van der Waals surface area contributed by atoms with E-state index in [0.29, 0.717) is 11.7 Å². The van der Waals surface area contributed by atoms with Crippen molar-refractivity contribution < 1.29 is 0 Å². The second-order valence-corrected chi connectivity index (χ2v) is 5.65. The van der Waals surface area contributed by atoms with Crippen LogP contribution in [0, 0.1) is 6.92 Å².